The molecule has 0 spiro atoms. The molecule has 0 N–H and O–H groups in total. The standard InChI is InChI=1S/C13H16BrN3O2/c1-3-4-9(2)17-11-5-12(14)15-6-10(11)16-13(17)7-19-8-18/h5-6,8-9H,3-4,7H2,1-2H3. The van der Waals surface area contributed by atoms with Crippen molar-refractivity contribution in [3.05, 3.63) is 22.7 Å². The van der Waals surface area contributed by atoms with E-state index in [0.717, 1.165) is 34.3 Å². The molecule has 0 saturated heterocycles. The zero-order valence-corrected chi connectivity index (χ0v) is 12.6. The Labute approximate surface area is 120 Å². The molecule has 6 heteroatoms. The number of carbonyl (C=O) groups excluding carboxylic acids is 1. The molecule has 2 aromatic rings. The second-order valence-electron chi connectivity index (χ2n) is 4.44. The number of imidazole rings is 1. The van der Waals surface area contributed by atoms with Crippen molar-refractivity contribution in [3.63, 3.8) is 0 Å². The van der Waals surface area contributed by atoms with Gasteiger partial charge in [-0.05, 0) is 35.3 Å². The van der Waals surface area contributed by atoms with Crippen LogP contribution in [0.1, 0.15) is 38.6 Å². The van der Waals surface area contributed by atoms with Crippen molar-refractivity contribution >= 4 is 33.4 Å². The lowest BCUT2D eigenvalue weighted by Gasteiger charge is -2.16. The van der Waals surface area contributed by atoms with Crippen molar-refractivity contribution in [3.8, 4) is 0 Å². The summed E-state index contributed by atoms with van der Waals surface area (Å²) in [5, 5.41) is 0. The molecule has 0 radical (unpaired) electrons. The molecular formula is C13H16BrN3O2. The fraction of sp³-hybridized carbons (Fsp3) is 0.462. The monoisotopic (exact) mass is 325 g/mol. The molecule has 0 saturated carbocycles. The van der Waals surface area contributed by atoms with Crippen LogP contribution in [0.5, 0.6) is 0 Å². The molecule has 1 atom stereocenters. The van der Waals surface area contributed by atoms with Crippen LogP contribution >= 0.6 is 15.9 Å². The van der Waals surface area contributed by atoms with Crippen LogP contribution in [0.25, 0.3) is 11.0 Å². The fourth-order valence-corrected chi connectivity index (χ4v) is 2.59. The highest BCUT2D eigenvalue weighted by atomic mass is 79.9. The van der Waals surface area contributed by atoms with Crippen LogP contribution < -0.4 is 0 Å². The number of pyridine rings is 1. The lowest BCUT2D eigenvalue weighted by atomic mass is 10.2. The SMILES string of the molecule is CCCC(C)n1c(COC=O)nc2cnc(Br)cc21. The summed E-state index contributed by atoms with van der Waals surface area (Å²) in [6.45, 7) is 4.92. The van der Waals surface area contributed by atoms with Crippen LogP contribution in [0, 0.1) is 0 Å². The number of fused-ring (bicyclic) bond motifs is 1. The van der Waals surface area contributed by atoms with Crippen molar-refractivity contribution in [1.29, 1.82) is 0 Å². The lowest BCUT2D eigenvalue weighted by Crippen LogP contribution is -2.10. The molecule has 2 heterocycles. The maximum Gasteiger partial charge on any atom is 0.293 e. The summed E-state index contributed by atoms with van der Waals surface area (Å²) < 4.78 is 7.74. The number of ether oxygens (including phenoxy) is 1. The Morgan fingerprint density at radius 2 is 2.37 bits per heavy atom. The highest BCUT2D eigenvalue weighted by Gasteiger charge is 2.16. The lowest BCUT2D eigenvalue weighted by molar-refractivity contribution is -0.130. The normalized spacial score (nSPS) is 12.6. The summed E-state index contributed by atoms with van der Waals surface area (Å²) in [4.78, 5) is 19.0. The Morgan fingerprint density at radius 1 is 1.58 bits per heavy atom. The van der Waals surface area contributed by atoms with Crippen LogP contribution in [0.4, 0.5) is 0 Å². The number of nitrogens with zero attached hydrogens (tertiary/aromatic N) is 3. The van der Waals surface area contributed by atoms with Gasteiger partial charge in [0.25, 0.3) is 6.47 Å². The highest BCUT2D eigenvalue weighted by Crippen LogP contribution is 2.25. The van der Waals surface area contributed by atoms with Gasteiger partial charge in [-0.25, -0.2) is 9.97 Å². The molecule has 0 bridgehead atoms. The van der Waals surface area contributed by atoms with E-state index >= 15 is 0 Å². The van der Waals surface area contributed by atoms with Crippen LogP contribution in [0.15, 0.2) is 16.9 Å². The van der Waals surface area contributed by atoms with Gasteiger partial charge in [-0.2, -0.15) is 0 Å². The van der Waals surface area contributed by atoms with E-state index in [4.69, 9.17) is 4.74 Å². The Kier molecular flexibility index (Phi) is 4.52. The first-order valence-electron chi connectivity index (χ1n) is 6.25. The Hall–Kier alpha value is -1.43. The number of hydrogen-bond donors (Lipinski definition) is 0. The first-order chi connectivity index (χ1) is 9.17. The first kappa shape index (κ1) is 14.0. The van der Waals surface area contributed by atoms with Gasteiger partial charge in [-0.3, -0.25) is 4.79 Å². The van der Waals surface area contributed by atoms with E-state index in [-0.39, 0.29) is 6.61 Å². The van der Waals surface area contributed by atoms with Gasteiger partial charge in [0.1, 0.15) is 22.6 Å². The van der Waals surface area contributed by atoms with E-state index in [1.807, 2.05) is 6.07 Å². The third-order valence-electron chi connectivity index (χ3n) is 3.04. The van der Waals surface area contributed by atoms with Gasteiger partial charge >= 0.3 is 0 Å². The minimum Gasteiger partial charge on any atom is -0.460 e. The average Bonchev–Trinajstić information content (AvgIpc) is 2.74. The molecule has 0 aromatic carbocycles. The molecule has 2 rings (SSSR count). The van der Waals surface area contributed by atoms with Crippen LogP contribution in [-0.4, -0.2) is 21.0 Å². The van der Waals surface area contributed by atoms with E-state index in [2.05, 4.69) is 44.3 Å². The molecule has 0 fully saturated rings. The molecule has 1 unspecified atom stereocenters. The van der Waals surface area contributed by atoms with Gasteiger partial charge in [0.2, 0.25) is 0 Å². The predicted octanol–water partition coefficient (Wildman–Crippen LogP) is 3.23. The maximum absolute atomic E-state index is 10.4. The molecule has 0 aliphatic rings. The topological polar surface area (TPSA) is 57.0 Å². The van der Waals surface area contributed by atoms with Crippen molar-refractivity contribution in [1.82, 2.24) is 14.5 Å². The van der Waals surface area contributed by atoms with E-state index in [1.54, 1.807) is 6.20 Å². The number of carbonyl (C=O) groups is 1. The number of rotatable bonds is 6. The third-order valence-corrected chi connectivity index (χ3v) is 3.48. The molecule has 5 nitrogen and oxygen atoms in total. The van der Waals surface area contributed by atoms with Crippen molar-refractivity contribution < 1.29 is 9.53 Å². The summed E-state index contributed by atoms with van der Waals surface area (Å²) in [7, 11) is 0. The van der Waals surface area contributed by atoms with E-state index < -0.39 is 0 Å². The summed E-state index contributed by atoms with van der Waals surface area (Å²) in [5.74, 6) is 0.753. The highest BCUT2D eigenvalue weighted by molar-refractivity contribution is 9.10. The Morgan fingerprint density at radius 3 is 3.05 bits per heavy atom. The largest absolute Gasteiger partial charge is 0.460 e. The summed E-state index contributed by atoms with van der Waals surface area (Å²) >= 11 is 3.38. The fourth-order valence-electron chi connectivity index (χ4n) is 2.27. The van der Waals surface area contributed by atoms with Gasteiger partial charge in [-0.1, -0.05) is 13.3 Å². The van der Waals surface area contributed by atoms with E-state index in [0.29, 0.717) is 12.5 Å². The van der Waals surface area contributed by atoms with Crippen molar-refractivity contribution in [2.45, 2.75) is 39.3 Å². The molecule has 0 aliphatic carbocycles. The summed E-state index contributed by atoms with van der Waals surface area (Å²) in [6, 6.07) is 2.24. The van der Waals surface area contributed by atoms with Gasteiger partial charge in [0.05, 0.1) is 11.7 Å². The molecule has 0 aliphatic heterocycles. The average molecular weight is 326 g/mol. The maximum atomic E-state index is 10.4. The second-order valence-corrected chi connectivity index (χ2v) is 5.25. The summed E-state index contributed by atoms with van der Waals surface area (Å²) in [5.41, 5.74) is 1.82. The van der Waals surface area contributed by atoms with Gasteiger partial charge in [0, 0.05) is 6.04 Å². The summed E-state index contributed by atoms with van der Waals surface area (Å²) in [6.07, 6.45) is 3.85. The van der Waals surface area contributed by atoms with E-state index in [1.165, 1.54) is 0 Å². The van der Waals surface area contributed by atoms with Crippen LogP contribution in [-0.2, 0) is 16.1 Å². The van der Waals surface area contributed by atoms with Crippen LogP contribution in [0.2, 0.25) is 0 Å². The van der Waals surface area contributed by atoms with E-state index in [9.17, 15) is 4.79 Å². The Balaban J connectivity index is 2.52. The number of aromatic nitrogens is 3. The Bertz CT molecular complexity index is 583. The quantitative estimate of drug-likeness (QED) is 0.604. The number of hydrogen-bond acceptors (Lipinski definition) is 4. The zero-order chi connectivity index (χ0) is 13.8. The first-order valence-corrected chi connectivity index (χ1v) is 7.04. The number of halogens is 1. The van der Waals surface area contributed by atoms with Crippen LogP contribution in [0.3, 0.4) is 0 Å². The van der Waals surface area contributed by atoms with Gasteiger partial charge < -0.3 is 9.30 Å². The van der Waals surface area contributed by atoms with Gasteiger partial charge in [0.15, 0.2) is 0 Å². The minimum absolute atomic E-state index is 0.184. The molecule has 19 heavy (non-hydrogen) atoms. The third kappa shape index (κ3) is 2.94. The second kappa shape index (κ2) is 6.14. The predicted molar refractivity (Wildman–Crippen MR) is 75.7 cm³/mol. The molecule has 102 valence electrons. The molecular weight excluding hydrogens is 310 g/mol. The smallest absolute Gasteiger partial charge is 0.293 e. The zero-order valence-electron chi connectivity index (χ0n) is 11.0. The van der Waals surface area contributed by atoms with Crippen molar-refractivity contribution in [2.75, 3.05) is 0 Å². The molecule has 0 amide bonds. The molecule has 2 aromatic heterocycles. The van der Waals surface area contributed by atoms with Gasteiger partial charge in [-0.15, -0.1) is 0 Å². The minimum atomic E-state index is 0.184. The van der Waals surface area contributed by atoms with Crippen molar-refractivity contribution in [2.24, 2.45) is 0 Å².